The van der Waals surface area contributed by atoms with Crippen LogP contribution in [-0.2, 0) is 6.61 Å². The molecule has 114 valence electrons. The van der Waals surface area contributed by atoms with Gasteiger partial charge in [0.15, 0.2) is 12.4 Å². The molecular weight excluding hydrogens is 336 g/mol. The maximum atomic E-state index is 5.91. The van der Waals surface area contributed by atoms with Crippen molar-refractivity contribution in [3.8, 4) is 16.5 Å². The molecule has 0 unspecified atom stereocenters. The van der Waals surface area contributed by atoms with Crippen molar-refractivity contribution in [2.75, 3.05) is 0 Å². The van der Waals surface area contributed by atoms with E-state index in [9.17, 15) is 0 Å². The van der Waals surface area contributed by atoms with Crippen molar-refractivity contribution < 1.29 is 4.74 Å². The largest absolute Gasteiger partial charge is 0.468 e. The number of fused-ring (bicyclic) bond motifs is 1. The topological polar surface area (TPSA) is 78.1 Å². The van der Waals surface area contributed by atoms with E-state index in [0.29, 0.717) is 21.7 Å². The Morgan fingerprint density at radius 1 is 1.13 bits per heavy atom. The Morgan fingerprint density at radius 3 is 2.78 bits per heavy atom. The minimum absolute atomic E-state index is 0.212. The zero-order valence-corrected chi connectivity index (χ0v) is 13.2. The molecule has 0 radical (unpaired) electrons. The fraction of sp³-hybridized carbons (Fsp3) is 0.0714. The highest BCUT2D eigenvalue weighted by molar-refractivity contribution is 7.19. The van der Waals surface area contributed by atoms with Gasteiger partial charge in [0.2, 0.25) is 10.8 Å². The molecule has 0 aliphatic rings. The van der Waals surface area contributed by atoms with Gasteiger partial charge in [0, 0.05) is 23.0 Å². The highest BCUT2D eigenvalue weighted by atomic mass is 35.5. The van der Waals surface area contributed by atoms with Crippen molar-refractivity contribution in [2.24, 2.45) is 0 Å². The van der Waals surface area contributed by atoms with Crippen LogP contribution in [0.1, 0.15) is 5.82 Å². The highest BCUT2D eigenvalue weighted by Gasteiger charge is 2.13. The average Bonchev–Trinajstić information content (AvgIpc) is 3.15. The zero-order chi connectivity index (χ0) is 15.6. The Hall–Kier alpha value is -2.58. The van der Waals surface area contributed by atoms with E-state index in [4.69, 9.17) is 16.3 Å². The van der Waals surface area contributed by atoms with Crippen LogP contribution in [0.15, 0.2) is 42.9 Å². The molecule has 23 heavy (non-hydrogen) atoms. The summed E-state index contributed by atoms with van der Waals surface area (Å²) in [6.07, 6.45) is 4.69. The van der Waals surface area contributed by atoms with Gasteiger partial charge in [-0.05, 0) is 12.1 Å². The summed E-state index contributed by atoms with van der Waals surface area (Å²) in [5.41, 5.74) is 0.977. The lowest BCUT2D eigenvalue weighted by atomic mass is 10.2. The lowest BCUT2D eigenvalue weighted by Gasteiger charge is -2.01. The molecule has 0 atom stereocenters. The highest BCUT2D eigenvalue weighted by Crippen LogP contribution is 2.26. The van der Waals surface area contributed by atoms with Crippen molar-refractivity contribution in [3.63, 3.8) is 0 Å². The molecule has 0 bridgehead atoms. The molecule has 1 aromatic carbocycles. The van der Waals surface area contributed by atoms with Crippen molar-refractivity contribution in [1.82, 2.24) is 29.8 Å². The lowest BCUT2D eigenvalue weighted by molar-refractivity contribution is 0.280. The van der Waals surface area contributed by atoms with Crippen LogP contribution in [0, 0.1) is 0 Å². The first-order valence-electron chi connectivity index (χ1n) is 6.65. The quantitative estimate of drug-likeness (QED) is 0.566. The maximum absolute atomic E-state index is 5.91. The third-order valence-corrected chi connectivity index (χ3v) is 4.24. The van der Waals surface area contributed by atoms with Crippen molar-refractivity contribution in [1.29, 1.82) is 0 Å². The normalized spacial score (nSPS) is 11.0. The number of hydrogen-bond acceptors (Lipinski definition) is 7. The second-order valence-corrected chi connectivity index (χ2v) is 5.95. The van der Waals surface area contributed by atoms with E-state index in [-0.39, 0.29) is 6.61 Å². The van der Waals surface area contributed by atoms with Crippen LogP contribution >= 0.6 is 22.9 Å². The van der Waals surface area contributed by atoms with E-state index < -0.39 is 0 Å². The predicted octanol–water partition coefficient (Wildman–Crippen LogP) is 2.88. The number of benzene rings is 1. The molecule has 0 amide bonds. The molecule has 0 saturated heterocycles. The zero-order valence-electron chi connectivity index (χ0n) is 11.6. The molecule has 0 aliphatic heterocycles. The van der Waals surface area contributed by atoms with Gasteiger partial charge in [0.1, 0.15) is 5.01 Å². The number of hydrogen-bond donors (Lipinski definition) is 0. The van der Waals surface area contributed by atoms with Gasteiger partial charge >= 0.3 is 0 Å². The Labute approximate surface area is 139 Å². The third kappa shape index (κ3) is 2.86. The first-order chi connectivity index (χ1) is 11.3. The van der Waals surface area contributed by atoms with Crippen molar-refractivity contribution in [2.45, 2.75) is 6.61 Å². The fourth-order valence-electron chi connectivity index (χ4n) is 1.96. The number of aromatic nitrogens is 6. The predicted molar refractivity (Wildman–Crippen MR) is 85.5 cm³/mol. The van der Waals surface area contributed by atoms with Crippen molar-refractivity contribution >= 4 is 27.9 Å². The van der Waals surface area contributed by atoms with Gasteiger partial charge < -0.3 is 4.74 Å². The van der Waals surface area contributed by atoms with Crippen LogP contribution < -0.4 is 4.74 Å². The molecule has 0 fully saturated rings. The summed E-state index contributed by atoms with van der Waals surface area (Å²) in [7, 11) is 0. The molecule has 3 aromatic heterocycles. The van der Waals surface area contributed by atoms with Crippen LogP contribution in [-0.4, -0.2) is 29.8 Å². The lowest BCUT2D eigenvalue weighted by Crippen LogP contribution is -2.03. The monoisotopic (exact) mass is 344 g/mol. The molecule has 0 spiro atoms. The minimum atomic E-state index is 0.212. The Morgan fingerprint density at radius 2 is 2.00 bits per heavy atom. The Bertz CT molecular complexity index is 937. The summed E-state index contributed by atoms with van der Waals surface area (Å²) < 4.78 is 7.21. The molecule has 0 N–H and O–H groups in total. The van der Waals surface area contributed by atoms with Gasteiger partial charge in [0.25, 0.3) is 0 Å². The van der Waals surface area contributed by atoms with Crippen LogP contribution in [0.4, 0.5) is 0 Å². The van der Waals surface area contributed by atoms with Crippen LogP contribution in [0.5, 0.6) is 5.88 Å². The van der Waals surface area contributed by atoms with E-state index >= 15 is 0 Å². The van der Waals surface area contributed by atoms with Gasteiger partial charge in [-0.1, -0.05) is 35.1 Å². The molecular formula is C14H9ClN6OS. The van der Waals surface area contributed by atoms with Gasteiger partial charge in [-0.3, -0.25) is 4.98 Å². The summed E-state index contributed by atoms with van der Waals surface area (Å²) in [5, 5.41) is 14.3. The van der Waals surface area contributed by atoms with E-state index in [1.165, 1.54) is 11.3 Å². The van der Waals surface area contributed by atoms with Crippen LogP contribution in [0.2, 0.25) is 5.02 Å². The Kier molecular flexibility index (Phi) is 3.60. The summed E-state index contributed by atoms with van der Waals surface area (Å²) in [5.74, 6) is 1.03. The molecule has 0 aliphatic carbocycles. The first-order valence-corrected chi connectivity index (χ1v) is 7.85. The number of ether oxygens (including phenoxy) is 1. The number of rotatable bonds is 4. The molecule has 0 saturated carbocycles. The fourth-order valence-corrected chi connectivity index (χ4v) is 2.94. The van der Waals surface area contributed by atoms with Gasteiger partial charge in [-0.25, -0.2) is 4.98 Å². The van der Waals surface area contributed by atoms with Gasteiger partial charge in [-0.15, -0.1) is 10.2 Å². The van der Waals surface area contributed by atoms with E-state index in [2.05, 4.69) is 25.3 Å². The standard InChI is InChI=1S/C14H9ClN6OS/c15-10-3-1-9(2-4-10)13-20-21-11(18-19-14(21)23-13)8-22-12-7-16-5-6-17-12/h1-7H,8H2. The first kappa shape index (κ1) is 14.0. The van der Waals surface area contributed by atoms with Crippen molar-refractivity contribution in [3.05, 3.63) is 53.7 Å². The van der Waals surface area contributed by atoms with E-state index in [1.807, 2.05) is 24.3 Å². The maximum Gasteiger partial charge on any atom is 0.235 e. The second-order valence-electron chi connectivity index (χ2n) is 4.56. The van der Waals surface area contributed by atoms with E-state index in [0.717, 1.165) is 10.6 Å². The Balaban J connectivity index is 1.60. The summed E-state index contributed by atoms with van der Waals surface area (Å²) >= 11 is 7.36. The molecule has 4 aromatic rings. The number of nitrogens with zero attached hydrogens (tertiary/aromatic N) is 6. The average molecular weight is 345 g/mol. The summed E-state index contributed by atoms with van der Waals surface area (Å²) in [4.78, 5) is 8.69. The SMILES string of the molecule is Clc1ccc(-c2nn3c(COc4cnccn4)nnc3s2)cc1. The smallest absolute Gasteiger partial charge is 0.235 e. The summed E-state index contributed by atoms with van der Waals surface area (Å²) in [6.45, 7) is 0.212. The van der Waals surface area contributed by atoms with Crippen LogP contribution in [0.25, 0.3) is 15.5 Å². The molecule has 9 heteroatoms. The second kappa shape index (κ2) is 5.90. The van der Waals surface area contributed by atoms with E-state index in [1.54, 1.807) is 23.1 Å². The molecule has 3 heterocycles. The summed E-state index contributed by atoms with van der Waals surface area (Å²) in [6, 6.07) is 7.50. The molecule has 7 nitrogen and oxygen atoms in total. The minimum Gasteiger partial charge on any atom is -0.468 e. The number of halogens is 1. The van der Waals surface area contributed by atoms with Gasteiger partial charge in [-0.2, -0.15) is 9.61 Å². The molecule has 4 rings (SSSR count). The third-order valence-electron chi connectivity index (χ3n) is 3.04. The van der Waals surface area contributed by atoms with Gasteiger partial charge in [0.05, 0.1) is 6.20 Å². The van der Waals surface area contributed by atoms with Crippen LogP contribution in [0.3, 0.4) is 0 Å².